The maximum Gasteiger partial charge on any atom is 0.331 e. The molecule has 3 aromatic rings. The lowest BCUT2D eigenvalue weighted by molar-refractivity contribution is -0.384. The number of hydrogen-bond donors (Lipinski definition) is 0. The average Bonchev–Trinajstić information content (AvgIpc) is 3.32. The molecule has 0 amide bonds. The Morgan fingerprint density at radius 3 is 2.69 bits per heavy atom. The summed E-state index contributed by atoms with van der Waals surface area (Å²) < 4.78 is 15.7. The van der Waals surface area contributed by atoms with Gasteiger partial charge in [0.25, 0.3) is 11.6 Å². The second-order valence-corrected chi connectivity index (χ2v) is 5.18. The van der Waals surface area contributed by atoms with E-state index in [0.29, 0.717) is 11.3 Å². The molecule has 9 heteroatoms. The zero-order valence-electron chi connectivity index (χ0n) is 13.6. The van der Waals surface area contributed by atoms with Gasteiger partial charge in [-0.15, -0.1) is 10.2 Å². The van der Waals surface area contributed by atoms with Crippen LogP contribution in [0.2, 0.25) is 0 Å². The van der Waals surface area contributed by atoms with Crippen LogP contribution in [0.1, 0.15) is 24.7 Å². The molecule has 0 bridgehead atoms. The Morgan fingerprint density at radius 2 is 2.04 bits per heavy atom. The van der Waals surface area contributed by atoms with E-state index in [2.05, 4.69) is 10.2 Å². The zero-order valence-corrected chi connectivity index (χ0v) is 13.6. The minimum atomic E-state index is -0.761. The second kappa shape index (κ2) is 7.43. The molecule has 132 valence electrons. The van der Waals surface area contributed by atoms with E-state index in [4.69, 9.17) is 13.6 Å². The van der Waals surface area contributed by atoms with Gasteiger partial charge in [0.05, 0.1) is 11.2 Å². The van der Waals surface area contributed by atoms with E-state index in [1.165, 1.54) is 42.7 Å². The Morgan fingerprint density at radius 1 is 1.27 bits per heavy atom. The first-order valence-corrected chi connectivity index (χ1v) is 7.53. The van der Waals surface area contributed by atoms with Crippen LogP contribution in [-0.4, -0.2) is 21.1 Å². The highest BCUT2D eigenvalue weighted by atomic mass is 16.6. The van der Waals surface area contributed by atoms with Crippen molar-refractivity contribution in [2.75, 3.05) is 0 Å². The van der Waals surface area contributed by atoms with Gasteiger partial charge < -0.3 is 13.6 Å². The molecule has 0 radical (unpaired) electrons. The Balaban J connectivity index is 1.64. The molecule has 1 atom stereocenters. The van der Waals surface area contributed by atoms with Gasteiger partial charge in [-0.2, -0.15) is 0 Å². The Labute approximate surface area is 147 Å². The lowest BCUT2D eigenvalue weighted by atomic mass is 10.2. The van der Waals surface area contributed by atoms with Gasteiger partial charge in [-0.1, -0.05) is 0 Å². The normalized spacial score (nSPS) is 12.2. The Hall–Kier alpha value is -3.75. The molecular weight excluding hydrogens is 342 g/mol. The lowest BCUT2D eigenvalue weighted by Crippen LogP contribution is -2.06. The first kappa shape index (κ1) is 17.1. The largest absolute Gasteiger partial charge is 0.465 e. The molecule has 1 aromatic carbocycles. The predicted molar refractivity (Wildman–Crippen MR) is 88.6 cm³/mol. The molecule has 0 aliphatic heterocycles. The molecular formula is C17H13N3O6. The summed E-state index contributed by atoms with van der Waals surface area (Å²) in [5, 5.41) is 18.4. The van der Waals surface area contributed by atoms with Crippen molar-refractivity contribution in [2.45, 2.75) is 13.0 Å². The number of benzene rings is 1. The van der Waals surface area contributed by atoms with Crippen molar-refractivity contribution in [1.29, 1.82) is 0 Å². The number of rotatable bonds is 6. The highest BCUT2D eigenvalue weighted by molar-refractivity contribution is 5.86. The summed E-state index contributed by atoms with van der Waals surface area (Å²) in [6.07, 6.45) is 3.43. The molecule has 0 fully saturated rings. The summed E-state index contributed by atoms with van der Waals surface area (Å²) in [6.45, 7) is 1.59. The third-order valence-corrected chi connectivity index (χ3v) is 3.33. The minimum absolute atomic E-state index is 0.0425. The maximum absolute atomic E-state index is 11.8. The highest BCUT2D eigenvalue weighted by Crippen LogP contribution is 2.24. The van der Waals surface area contributed by atoms with Gasteiger partial charge in [0.1, 0.15) is 5.76 Å². The van der Waals surface area contributed by atoms with Crippen LogP contribution in [0.4, 0.5) is 5.69 Å². The van der Waals surface area contributed by atoms with Gasteiger partial charge in [0.2, 0.25) is 5.89 Å². The van der Waals surface area contributed by atoms with E-state index in [1.807, 2.05) is 0 Å². The van der Waals surface area contributed by atoms with E-state index >= 15 is 0 Å². The van der Waals surface area contributed by atoms with Gasteiger partial charge in [0.15, 0.2) is 6.10 Å². The van der Waals surface area contributed by atoms with E-state index in [1.54, 1.807) is 19.1 Å². The molecule has 2 aromatic heterocycles. The first-order valence-electron chi connectivity index (χ1n) is 7.53. The molecule has 3 rings (SSSR count). The number of ether oxygens (including phenoxy) is 1. The number of aromatic nitrogens is 2. The fourth-order valence-electron chi connectivity index (χ4n) is 2.04. The quantitative estimate of drug-likeness (QED) is 0.285. The Bertz CT molecular complexity index is 928. The van der Waals surface area contributed by atoms with Gasteiger partial charge in [0, 0.05) is 23.8 Å². The molecule has 9 nitrogen and oxygen atoms in total. The van der Waals surface area contributed by atoms with Crippen LogP contribution in [0.5, 0.6) is 0 Å². The van der Waals surface area contributed by atoms with Crippen LogP contribution >= 0.6 is 0 Å². The fourth-order valence-corrected chi connectivity index (χ4v) is 2.04. The number of esters is 1. The molecule has 26 heavy (non-hydrogen) atoms. The minimum Gasteiger partial charge on any atom is -0.465 e. The van der Waals surface area contributed by atoms with Crippen molar-refractivity contribution < 1.29 is 23.3 Å². The summed E-state index contributed by atoms with van der Waals surface area (Å²) in [7, 11) is 0. The van der Waals surface area contributed by atoms with Gasteiger partial charge >= 0.3 is 5.97 Å². The molecule has 2 heterocycles. The van der Waals surface area contributed by atoms with Crippen LogP contribution in [-0.2, 0) is 9.53 Å². The second-order valence-electron chi connectivity index (χ2n) is 5.18. The number of hydrogen-bond acceptors (Lipinski definition) is 8. The van der Waals surface area contributed by atoms with Gasteiger partial charge in [-0.3, -0.25) is 10.1 Å². The molecule has 0 saturated carbocycles. The number of nitro benzene ring substituents is 1. The standard InChI is InChI=1S/C17H13N3O6/c1-11(25-15(21)9-8-14-3-2-10-24-14)16-18-19-17(26-16)12-4-6-13(7-5-12)20(22)23/h2-11H,1H3/b9-8+. The summed E-state index contributed by atoms with van der Waals surface area (Å²) in [4.78, 5) is 22.0. The number of furan rings is 1. The smallest absolute Gasteiger partial charge is 0.331 e. The molecule has 0 spiro atoms. The van der Waals surface area contributed by atoms with Crippen LogP contribution < -0.4 is 0 Å². The number of carbonyl (C=O) groups is 1. The summed E-state index contributed by atoms with van der Waals surface area (Å²) in [5.74, 6) is 0.207. The van der Waals surface area contributed by atoms with E-state index < -0.39 is 17.0 Å². The summed E-state index contributed by atoms with van der Waals surface area (Å²) in [6, 6.07) is 9.06. The SMILES string of the molecule is CC(OC(=O)/C=C/c1ccco1)c1nnc(-c2ccc([N+](=O)[O-])cc2)o1. The van der Waals surface area contributed by atoms with Crippen LogP contribution in [0.25, 0.3) is 17.5 Å². The number of non-ortho nitro benzene ring substituents is 1. The molecule has 0 saturated heterocycles. The van der Waals surface area contributed by atoms with Crippen LogP contribution in [0.3, 0.4) is 0 Å². The van der Waals surface area contributed by atoms with E-state index in [0.717, 1.165) is 0 Å². The van der Waals surface area contributed by atoms with Crippen molar-refractivity contribution >= 4 is 17.7 Å². The highest BCUT2D eigenvalue weighted by Gasteiger charge is 2.18. The molecule has 0 aliphatic rings. The van der Waals surface area contributed by atoms with Gasteiger partial charge in [-0.25, -0.2) is 4.79 Å². The lowest BCUT2D eigenvalue weighted by Gasteiger charge is -2.06. The van der Waals surface area contributed by atoms with Crippen molar-refractivity contribution in [3.05, 3.63) is 70.5 Å². The van der Waals surface area contributed by atoms with Crippen molar-refractivity contribution in [2.24, 2.45) is 0 Å². The summed E-state index contributed by atoms with van der Waals surface area (Å²) >= 11 is 0. The fraction of sp³-hybridized carbons (Fsp3) is 0.118. The predicted octanol–water partition coefficient (Wildman–Crippen LogP) is 3.56. The first-order chi connectivity index (χ1) is 12.5. The van der Waals surface area contributed by atoms with Crippen LogP contribution in [0, 0.1) is 10.1 Å². The third kappa shape index (κ3) is 4.01. The maximum atomic E-state index is 11.8. The molecule has 1 unspecified atom stereocenters. The summed E-state index contributed by atoms with van der Waals surface area (Å²) in [5.41, 5.74) is 0.477. The van der Waals surface area contributed by atoms with E-state index in [9.17, 15) is 14.9 Å². The third-order valence-electron chi connectivity index (χ3n) is 3.33. The molecule has 0 aliphatic carbocycles. The number of nitrogens with zero attached hydrogens (tertiary/aromatic N) is 3. The number of carbonyl (C=O) groups excluding carboxylic acids is 1. The van der Waals surface area contributed by atoms with Gasteiger partial charge in [-0.05, 0) is 37.3 Å². The Kier molecular flexibility index (Phi) is 4.88. The zero-order chi connectivity index (χ0) is 18.5. The van der Waals surface area contributed by atoms with E-state index in [-0.39, 0.29) is 17.5 Å². The average molecular weight is 355 g/mol. The molecule has 0 N–H and O–H groups in total. The monoisotopic (exact) mass is 355 g/mol. The van der Waals surface area contributed by atoms with Crippen molar-refractivity contribution in [3.8, 4) is 11.5 Å². The van der Waals surface area contributed by atoms with Crippen molar-refractivity contribution in [1.82, 2.24) is 10.2 Å². The van der Waals surface area contributed by atoms with Crippen molar-refractivity contribution in [3.63, 3.8) is 0 Å². The topological polar surface area (TPSA) is 122 Å². The number of nitro groups is 1. The van der Waals surface area contributed by atoms with Crippen LogP contribution in [0.15, 0.2) is 57.6 Å².